The molecule has 0 atom stereocenters. The Morgan fingerprint density at radius 3 is 2.80 bits per heavy atom. The van der Waals surface area contributed by atoms with Gasteiger partial charge in [-0.25, -0.2) is 0 Å². The van der Waals surface area contributed by atoms with Gasteiger partial charge in [0.25, 0.3) is 0 Å². The van der Waals surface area contributed by atoms with Crippen molar-refractivity contribution in [2.75, 3.05) is 0 Å². The molecule has 0 spiro atoms. The van der Waals surface area contributed by atoms with Crippen LogP contribution in [0.25, 0.3) is 0 Å². The molecule has 1 N–H and O–H groups in total. The van der Waals surface area contributed by atoms with Crippen molar-refractivity contribution in [1.82, 2.24) is 4.98 Å². The van der Waals surface area contributed by atoms with Crippen LogP contribution >= 0.6 is 11.6 Å². The fraction of sp³-hybridized carbons (Fsp3) is 0. The molecule has 0 aliphatic carbocycles. The van der Waals surface area contributed by atoms with E-state index in [-0.39, 0.29) is 10.6 Å². The molecule has 1 aromatic rings. The summed E-state index contributed by atoms with van der Waals surface area (Å²) < 4.78 is 0. The molecular formula is C6H4ClNO2. The second-order valence-corrected chi connectivity index (χ2v) is 2.13. The van der Waals surface area contributed by atoms with Crippen LogP contribution in [-0.4, -0.2) is 11.3 Å². The van der Waals surface area contributed by atoms with Gasteiger partial charge in [0.15, 0.2) is 6.29 Å². The number of halogens is 1. The van der Waals surface area contributed by atoms with Crippen LogP contribution in [0, 0.1) is 0 Å². The fourth-order valence-electron chi connectivity index (χ4n) is 0.548. The second-order valence-electron chi connectivity index (χ2n) is 1.72. The van der Waals surface area contributed by atoms with E-state index in [2.05, 4.69) is 4.98 Å². The first kappa shape index (κ1) is 7.02. The third kappa shape index (κ3) is 1.25. The van der Waals surface area contributed by atoms with Crippen molar-refractivity contribution < 1.29 is 4.79 Å². The number of hydrogen-bond acceptors (Lipinski definition) is 2. The van der Waals surface area contributed by atoms with E-state index in [4.69, 9.17) is 11.6 Å². The average Bonchev–Trinajstić information content (AvgIpc) is 1.88. The SMILES string of the molecule is O=Cc1c[nH]c(=O)cc1Cl. The highest BCUT2D eigenvalue weighted by Crippen LogP contribution is 2.07. The molecule has 4 heteroatoms. The summed E-state index contributed by atoms with van der Waals surface area (Å²) in [6.07, 6.45) is 1.86. The number of hydrogen-bond donors (Lipinski definition) is 1. The molecule has 3 nitrogen and oxygen atoms in total. The largest absolute Gasteiger partial charge is 0.328 e. The molecule has 1 aromatic heterocycles. The number of aromatic amines is 1. The maximum atomic E-state index is 10.5. The van der Waals surface area contributed by atoms with Crippen molar-refractivity contribution in [2.24, 2.45) is 0 Å². The van der Waals surface area contributed by atoms with Gasteiger partial charge in [-0.05, 0) is 0 Å². The lowest BCUT2D eigenvalue weighted by atomic mass is 10.3. The Hall–Kier alpha value is -1.09. The molecule has 0 amide bonds. The molecule has 0 bridgehead atoms. The molecule has 0 saturated carbocycles. The van der Waals surface area contributed by atoms with E-state index >= 15 is 0 Å². The summed E-state index contributed by atoms with van der Waals surface area (Å²) >= 11 is 5.48. The number of carbonyl (C=O) groups excluding carboxylic acids is 1. The van der Waals surface area contributed by atoms with E-state index in [9.17, 15) is 9.59 Å². The van der Waals surface area contributed by atoms with Crippen molar-refractivity contribution >= 4 is 17.9 Å². The Morgan fingerprint density at radius 2 is 2.30 bits per heavy atom. The Morgan fingerprint density at radius 1 is 1.60 bits per heavy atom. The number of carbonyl (C=O) groups is 1. The Bertz CT molecular complexity index is 305. The van der Waals surface area contributed by atoms with Crippen molar-refractivity contribution in [3.05, 3.63) is 33.2 Å². The molecular weight excluding hydrogens is 154 g/mol. The van der Waals surface area contributed by atoms with Crippen LogP contribution in [0.4, 0.5) is 0 Å². The fourth-order valence-corrected chi connectivity index (χ4v) is 0.746. The van der Waals surface area contributed by atoms with Crippen molar-refractivity contribution in [2.45, 2.75) is 0 Å². The molecule has 0 aromatic carbocycles. The minimum atomic E-state index is -0.310. The van der Waals surface area contributed by atoms with E-state index in [0.29, 0.717) is 11.8 Å². The van der Waals surface area contributed by atoms with Gasteiger partial charge in [-0.15, -0.1) is 0 Å². The molecule has 0 radical (unpaired) electrons. The summed E-state index contributed by atoms with van der Waals surface area (Å²) in [6.45, 7) is 0. The number of pyridine rings is 1. The van der Waals surface area contributed by atoms with Gasteiger partial charge >= 0.3 is 0 Å². The number of rotatable bonds is 1. The molecule has 1 rings (SSSR count). The van der Waals surface area contributed by atoms with Gasteiger partial charge in [0, 0.05) is 17.8 Å². The van der Waals surface area contributed by atoms with Crippen molar-refractivity contribution in [3.63, 3.8) is 0 Å². The zero-order chi connectivity index (χ0) is 7.56. The lowest BCUT2D eigenvalue weighted by Gasteiger charge is -1.90. The Balaban J connectivity index is 3.32. The third-order valence-electron chi connectivity index (χ3n) is 1.03. The van der Waals surface area contributed by atoms with E-state index in [1.807, 2.05) is 0 Å². The molecule has 0 aliphatic heterocycles. The highest BCUT2D eigenvalue weighted by atomic mass is 35.5. The Labute approximate surface area is 61.6 Å². The molecule has 0 saturated heterocycles. The van der Waals surface area contributed by atoms with Crippen molar-refractivity contribution in [3.8, 4) is 0 Å². The number of H-pyrrole nitrogens is 1. The summed E-state index contributed by atoms with van der Waals surface area (Å²) in [5, 5.41) is 0.179. The summed E-state index contributed by atoms with van der Waals surface area (Å²) in [4.78, 5) is 23.0. The van der Waals surface area contributed by atoms with Gasteiger partial charge in [-0.2, -0.15) is 0 Å². The predicted octanol–water partition coefficient (Wildman–Crippen LogP) is 0.841. The zero-order valence-corrected chi connectivity index (χ0v) is 5.68. The molecule has 0 unspecified atom stereocenters. The average molecular weight is 158 g/mol. The maximum Gasteiger partial charge on any atom is 0.249 e. The van der Waals surface area contributed by atoms with Crippen LogP contribution in [0.3, 0.4) is 0 Å². The first-order valence-corrected chi connectivity index (χ1v) is 2.95. The van der Waals surface area contributed by atoms with E-state index in [1.165, 1.54) is 6.20 Å². The standard InChI is InChI=1S/C6H4ClNO2/c7-5-1-6(10)8-2-4(5)3-9/h1-3H,(H,8,10). The molecule has 1 heterocycles. The molecule has 0 aliphatic rings. The molecule has 52 valence electrons. The lowest BCUT2D eigenvalue weighted by Crippen LogP contribution is -2.03. The van der Waals surface area contributed by atoms with Gasteiger partial charge in [-0.3, -0.25) is 9.59 Å². The van der Waals surface area contributed by atoms with Crippen molar-refractivity contribution in [1.29, 1.82) is 0 Å². The van der Waals surface area contributed by atoms with E-state index in [0.717, 1.165) is 6.07 Å². The van der Waals surface area contributed by atoms with Gasteiger partial charge < -0.3 is 4.98 Å². The number of nitrogens with one attached hydrogen (secondary N) is 1. The first-order valence-electron chi connectivity index (χ1n) is 2.57. The maximum absolute atomic E-state index is 10.5. The van der Waals surface area contributed by atoms with Gasteiger partial charge in [0.05, 0.1) is 5.02 Å². The number of aromatic nitrogens is 1. The number of aldehydes is 1. The summed E-state index contributed by atoms with van der Waals surface area (Å²) in [7, 11) is 0. The molecule has 0 fully saturated rings. The molecule has 10 heavy (non-hydrogen) atoms. The highest BCUT2D eigenvalue weighted by molar-refractivity contribution is 6.32. The minimum absolute atomic E-state index is 0.179. The van der Waals surface area contributed by atoms with Crippen LogP contribution in [-0.2, 0) is 0 Å². The summed E-state index contributed by atoms with van der Waals surface area (Å²) in [6, 6.07) is 1.16. The van der Waals surface area contributed by atoms with Crippen LogP contribution in [0.1, 0.15) is 10.4 Å². The summed E-state index contributed by atoms with van der Waals surface area (Å²) in [5.74, 6) is 0. The third-order valence-corrected chi connectivity index (χ3v) is 1.36. The normalized spacial score (nSPS) is 9.30. The van der Waals surface area contributed by atoms with Crippen LogP contribution in [0.2, 0.25) is 5.02 Å². The lowest BCUT2D eigenvalue weighted by molar-refractivity contribution is 0.112. The second kappa shape index (κ2) is 2.66. The van der Waals surface area contributed by atoms with E-state index in [1.54, 1.807) is 0 Å². The zero-order valence-electron chi connectivity index (χ0n) is 4.93. The van der Waals surface area contributed by atoms with Crippen LogP contribution in [0.15, 0.2) is 17.1 Å². The Kier molecular flexibility index (Phi) is 1.87. The van der Waals surface area contributed by atoms with Crippen LogP contribution < -0.4 is 5.56 Å². The monoisotopic (exact) mass is 157 g/mol. The quantitative estimate of drug-likeness (QED) is 0.615. The van der Waals surface area contributed by atoms with Gasteiger partial charge in [-0.1, -0.05) is 11.6 Å². The smallest absolute Gasteiger partial charge is 0.249 e. The summed E-state index contributed by atoms with van der Waals surface area (Å²) in [5.41, 5.74) is -0.0168. The predicted molar refractivity (Wildman–Crippen MR) is 37.5 cm³/mol. The van der Waals surface area contributed by atoms with Crippen LogP contribution in [0.5, 0.6) is 0 Å². The topological polar surface area (TPSA) is 49.9 Å². The van der Waals surface area contributed by atoms with E-state index < -0.39 is 0 Å². The highest BCUT2D eigenvalue weighted by Gasteiger charge is 1.96. The first-order chi connectivity index (χ1) is 4.74. The van der Waals surface area contributed by atoms with Gasteiger partial charge in [0.1, 0.15) is 0 Å². The minimum Gasteiger partial charge on any atom is -0.328 e. The van der Waals surface area contributed by atoms with Gasteiger partial charge in [0.2, 0.25) is 5.56 Å².